The Bertz CT molecular complexity index is 391. The number of benzene rings is 1. The minimum atomic E-state index is -0.508. The fraction of sp³-hybridized carbons (Fsp3) is 0.533. The number of nitrogens with two attached hydrogens (primary N) is 1. The summed E-state index contributed by atoms with van der Waals surface area (Å²) in [6.45, 7) is 3.94. The van der Waals surface area contributed by atoms with E-state index in [9.17, 15) is 4.79 Å². The first-order chi connectivity index (χ1) is 8.72. The third-order valence-electron chi connectivity index (χ3n) is 3.72. The Morgan fingerprint density at radius 2 is 2.17 bits per heavy atom. The fourth-order valence-electron chi connectivity index (χ4n) is 2.68. The molecule has 1 aliphatic heterocycles. The van der Waals surface area contributed by atoms with E-state index in [0.29, 0.717) is 5.92 Å². The maximum Gasteiger partial charge on any atom is 0.244 e. The number of amides is 1. The summed E-state index contributed by atoms with van der Waals surface area (Å²) in [5.74, 6) is 0.738. The highest BCUT2D eigenvalue weighted by atomic mass is 16.2. The van der Waals surface area contributed by atoms with Gasteiger partial charge in [-0.3, -0.25) is 4.79 Å². The molecule has 3 nitrogen and oxygen atoms in total. The third kappa shape index (κ3) is 2.91. The van der Waals surface area contributed by atoms with Gasteiger partial charge >= 0.3 is 0 Å². The summed E-state index contributed by atoms with van der Waals surface area (Å²) in [6, 6.07) is 9.11. The number of rotatable bonds is 4. The standard InChI is InChI=1S/C15H22N2O/c1-2-6-12-9-10-17(11-12)15(18)14(16)13-7-4-3-5-8-13/h3-5,7-8,12,14H,2,6,9-11,16H2,1H3. The van der Waals surface area contributed by atoms with E-state index in [0.717, 1.165) is 25.1 Å². The summed E-state index contributed by atoms with van der Waals surface area (Å²) in [4.78, 5) is 14.2. The predicted molar refractivity (Wildman–Crippen MR) is 73.0 cm³/mol. The topological polar surface area (TPSA) is 46.3 Å². The van der Waals surface area contributed by atoms with Crippen molar-refractivity contribution in [1.29, 1.82) is 0 Å². The molecule has 0 saturated carbocycles. The largest absolute Gasteiger partial charge is 0.341 e. The molecule has 3 heteroatoms. The second-order valence-electron chi connectivity index (χ2n) is 5.12. The SMILES string of the molecule is CCCC1CCN(C(=O)C(N)c2ccccc2)C1. The van der Waals surface area contributed by atoms with Gasteiger partial charge in [0.1, 0.15) is 6.04 Å². The summed E-state index contributed by atoms with van der Waals surface area (Å²) in [5.41, 5.74) is 6.95. The number of nitrogens with zero attached hydrogens (tertiary/aromatic N) is 1. The zero-order valence-electron chi connectivity index (χ0n) is 11.0. The second-order valence-corrected chi connectivity index (χ2v) is 5.12. The van der Waals surface area contributed by atoms with Crippen molar-refractivity contribution in [2.45, 2.75) is 32.2 Å². The van der Waals surface area contributed by atoms with Crippen LogP contribution in [0.3, 0.4) is 0 Å². The Hall–Kier alpha value is -1.35. The van der Waals surface area contributed by atoms with Crippen molar-refractivity contribution in [2.24, 2.45) is 11.7 Å². The van der Waals surface area contributed by atoms with Gasteiger partial charge in [-0.1, -0.05) is 43.7 Å². The van der Waals surface area contributed by atoms with Gasteiger partial charge in [0, 0.05) is 13.1 Å². The molecule has 1 aromatic rings. The minimum absolute atomic E-state index is 0.0693. The van der Waals surface area contributed by atoms with Gasteiger partial charge in [0.25, 0.3) is 0 Å². The van der Waals surface area contributed by atoms with E-state index in [2.05, 4.69) is 6.92 Å². The van der Waals surface area contributed by atoms with Gasteiger partial charge in [-0.25, -0.2) is 0 Å². The predicted octanol–water partition coefficient (Wildman–Crippen LogP) is 2.34. The molecule has 18 heavy (non-hydrogen) atoms. The number of carbonyl (C=O) groups is 1. The molecular formula is C15H22N2O. The zero-order valence-corrected chi connectivity index (χ0v) is 11.0. The monoisotopic (exact) mass is 246 g/mol. The Balaban J connectivity index is 1.96. The van der Waals surface area contributed by atoms with Crippen LogP contribution in [0.1, 0.15) is 37.8 Å². The number of hydrogen-bond donors (Lipinski definition) is 1. The highest BCUT2D eigenvalue weighted by Gasteiger charge is 2.29. The first-order valence-electron chi connectivity index (χ1n) is 6.81. The van der Waals surface area contributed by atoms with Crippen LogP contribution in [0.25, 0.3) is 0 Å². The van der Waals surface area contributed by atoms with Crippen molar-refractivity contribution in [3.63, 3.8) is 0 Å². The number of carbonyl (C=O) groups excluding carboxylic acids is 1. The Kier molecular flexibility index (Phi) is 4.37. The molecule has 0 radical (unpaired) electrons. The molecule has 2 N–H and O–H groups in total. The molecule has 1 aliphatic rings. The van der Waals surface area contributed by atoms with E-state index < -0.39 is 6.04 Å². The van der Waals surface area contributed by atoms with Crippen LogP contribution in [-0.2, 0) is 4.79 Å². The molecule has 1 aromatic carbocycles. The van der Waals surface area contributed by atoms with Crippen LogP contribution >= 0.6 is 0 Å². The summed E-state index contributed by atoms with van der Waals surface area (Å²) < 4.78 is 0. The summed E-state index contributed by atoms with van der Waals surface area (Å²) in [6.07, 6.45) is 3.53. The molecular weight excluding hydrogens is 224 g/mol. The van der Waals surface area contributed by atoms with Gasteiger partial charge in [-0.2, -0.15) is 0 Å². The average molecular weight is 246 g/mol. The Labute approximate surface area is 109 Å². The second kappa shape index (κ2) is 6.01. The molecule has 98 valence electrons. The Morgan fingerprint density at radius 3 is 2.83 bits per heavy atom. The molecule has 2 unspecified atom stereocenters. The van der Waals surface area contributed by atoms with Gasteiger partial charge in [0.2, 0.25) is 5.91 Å². The van der Waals surface area contributed by atoms with E-state index in [1.165, 1.54) is 12.8 Å². The summed E-state index contributed by atoms with van der Waals surface area (Å²) >= 11 is 0. The highest BCUT2D eigenvalue weighted by molar-refractivity contribution is 5.83. The molecule has 1 heterocycles. The molecule has 0 bridgehead atoms. The average Bonchev–Trinajstić information content (AvgIpc) is 2.87. The van der Waals surface area contributed by atoms with Crippen molar-refractivity contribution in [3.8, 4) is 0 Å². The molecule has 0 aromatic heterocycles. The van der Waals surface area contributed by atoms with Gasteiger partial charge in [-0.05, 0) is 24.3 Å². The van der Waals surface area contributed by atoms with Crippen molar-refractivity contribution in [2.75, 3.05) is 13.1 Å². The van der Waals surface area contributed by atoms with Gasteiger partial charge in [-0.15, -0.1) is 0 Å². The molecule has 2 atom stereocenters. The molecule has 1 saturated heterocycles. The van der Waals surface area contributed by atoms with Crippen molar-refractivity contribution >= 4 is 5.91 Å². The van der Waals surface area contributed by atoms with Crippen LogP contribution in [0.15, 0.2) is 30.3 Å². The summed E-state index contributed by atoms with van der Waals surface area (Å²) in [7, 11) is 0. The van der Waals surface area contributed by atoms with Crippen molar-refractivity contribution in [1.82, 2.24) is 4.90 Å². The lowest BCUT2D eigenvalue weighted by Crippen LogP contribution is -2.37. The molecule has 2 rings (SSSR count). The maximum absolute atomic E-state index is 12.3. The van der Waals surface area contributed by atoms with Gasteiger partial charge < -0.3 is 10.6 Å². The van der Waals surface area contributed by atoms with Crippen LogP contribution in [-0.4, -0.2) is 23.9 Å². The molecule has 0 aliphatic carbocycles. The lowest BCUT2D eigenvalue weighted by Gasteiger charge is -2.21. The van der Waals surface area contributed by atoms with Crippen LogP contribution in [0.5, 0.6) is 0 Å². The maximum atomic E-state index is 12.3. The highest BCUT2D eigenvalue weighted by Crippen LogP contribution is 2.23. The van der Waals surface area contributed by atoms with Gasteiger partial charge in [0.05, 0.1) is 0 Å². The van der Waals surface area contributed by atoms with Crippen LogP contribution in [0, 0.1) is 5.92 Å². The zero-order chi connectivity index (χ0) is 13.0. The lowest BCUT2D eigenvalue weighted by atomic mass is 10.0. The van der Waals surface area contributed by atoms with E-state index in [1.807, 2.05) is 35.2 Å². The van der Waals surface area contributed by atoms with E-state index in [1.54, 1.807) is 0 Å². The van der Waals surface area contributed by atoms with Gasteiger partial charge in [0.15, 0.2) is 0 Å². The van der Waals surface area contributed by atoms with Crippen LogP contribution < -0.4 is 5.73 Å². The molecule has 0 spiro atoms. The van der Waals surface area contributed by atoms with Crippen molar-refractivity contribution in [3.05, 3.63) is 35.9 Å². The molecule has 1 fully saturated rings. The van der Waals surface area contributed by atoms with E-state index >= 15 is 0 Å². The normalized spacial score (nSPS) is 21.0. The number of hydrogen-bond acceptors (Lipinski definition) is 2. The first kappa shape index (κ1) is 13.1. The van der Waals surface area contributed by atoms with Crippen molar-refractivity contribution < 1.29 is 4.79 Å². The first-order valence-corrected chi connectivity index (χ1v) is 6.81. The number of likely N-dealkylation sites (tertiary alicyclic amines) is 1. The molecule has 1 amide bonds. The minimum Gasteiger partial charge on any atom is -0.341 e. The third-order valence-corrected chi connectivity index (χ3v) is 3.72. The lowest BCUT2D eigenvalue weighted by molar-refractivity contribution is -0.131. The summed E-state index contributed by atoms with van der Waals surface area (Å²) in [5, 5.41) is 0. The van der Waals surface area contributed by atoms with Crippen LogP contribution in [0.4, 0.5) is 0 Å². The Morgan fingerprint density at radius 1 is 1.44 bits per heavy atom. The smallest absolute Gasteiger partial charge is 0.244 e. The fourth-order valence-corrected chi connectivity index (χ4v) is 2.68. The quantitative estimate of drug-likeness (QED) is 0.886. The van der Waals surface area contributed by atoms with E-state index in [-0.39, 0.29) is 5.91 Å². The van der Waals surface area contributed by atoms with Crippen LogP contribution in [0.2, 0.25) is 0 Å². The van der Waals surface area contributed by atoms with E-state index in [4.69, 9.17) is 5.73 Å².